The maximum absolute atomic E-state index is 13.2. The van der Waals surface area contributed by atoms with E-state index in [1.165, 1.54) is 0 Å². The second kappa shape index (κ2) is 14.3. The van der Waals surface area contributed by atoms with Crippen molar-refractivity contribution in [3.8, 4) is 11.3 Å². The summed E-state index contributed by atoms with van der Waals surface area (Å²) in [5.74, 6) is -0.482. The van der Waals surface area contributed by atoms with Crippen molar-refractivity contribution in [1.29, 1.82) is 0 Å². The van der Waals surface area contributed by atoms with Crippen molar-refractivity contribution in [3.63, 3.8) is 0 Å². The van der Waals surface area contributed by atoms with Gasteiger partial charge in [0.05, 0.1) is 12.3 Å². The van der Waals surface area contributed by atoms with Crippen LogP contribution in [-0.4, -0.2) is 46.0 Å². The van der Waals surface area contributed by atoms with Crippen LogP contribution in [0.25, 0.3) is 11.3 Å². The van der Waals surface area contributed by atoms with E-state index in [2.05, 4.69) is 26.1 Å². The highest BCUT2D eigenvalue weighted by Gasteiger charge is 2.28. The zero-order valence-corrected chi connectivity index (χ0v) is 28.5. The smallest absolute Gasteiger partial charge is 0.327 e. The molecule has 0 radical (unpaired) electrons. The van der Waals surface area contributed by atoms with Crippen molar-refractivity contribution in [3.05, 3.63) is 117 Å². The Hall–Kier alpha value is -4.56. The summed E-state index contributed by atoms with van der Waals surface area (Å²) in [6, 6.07) is 20.7. The Labute approximate surface area is 272 Å². The molecule has 46 heavy (non-hydrogen) atoms. The Balaban J connectivity index is 1.59. The molecule has 0 aliphatic carbocycles. The van der Waals surface area contributed by atoms with E-state index in [0.717, 1.165) is 27.8 Å². The van der Waals surface area contributed by atoms with Crippen molar-refractivity contribution >= 4 is 17.6 Å². The minimum absolute atomic E-state index is 0.00265. The molecule has 0 aliphatic heterocycles. The van der Waals surface area contributed by atoms with Gasteiger partial charge in [0.15, 0.2) is 0 Å². The summed E-state index contributed by atoms with van der Waals surface area (Å²) in [5, 5.41) is 3.05. The van der Waals surface area contributed by atoms with Crippen LogP contribution in [0.2, 0.25) is 0 Å². The van der Waals surface area contributed by atoms with Crippen LogP contribution in [0.5, 0.6) is 0 Å². The van der Waals surface area contributed by atoms with Gasteiger partial charge in [-0.05, 0) is 80.6 Å². The minimum atomic E-state index is -0.526. The number of rotatable bonds is 10. The van der Waals surface area contributed by atoms with E-state index < -0.39 is 6.04 Å². The topological polar surface area (TPSA) is 93.5 Å². The van der Waals surface area contributed by atoms with Gasteiger partial charge in [-0.2, -0.15) is 0 Å². The van der Waals surface area contributed by atoms with Crippen LogP contribution >= 0.6 is 0 Å². The molecule has 1 amide bonds. The van der Waals surface area contributed by atoms with Crippen molar-refractivity contribution < 1.29 is 14.3 Å². The molecule has 1 unspecified atom stereocenters. The van der Waals surface area contributed by atoms with Gasteiger partial charge in [-0.1, -0.05) is 69.3 Å². The lowest BCUT2D eigenvalue weighted by Crippen LogP contribution is -2.36. The Kier molecular flexibility index (Phi) is 10.6. The summed E-state index contributed by atoms with van der Waals surface area (Å²) < 4.78 is 6.90. The third-order valence-corrected chi connectivity index (χ3v) is 8.41. The first-order chi connectivity index (χ1) is 21.7. The van der Waals surface area contributed by atoms with E-state index in [4.69, 9.17) is 9.72 Å². The first-order valence-electron chi connectivity index (χ1n) is 15.8. The summed E-state index contributed by atoms with van der Waals surface area (Å²) in [6.07, 6.45) is 2.05. The van der Waals surface area contributed by atoms with Gasteiger partial charge in [0, 0.05) is 42.5 Å². The molecule has 0 spiro atoms. The van der Waals surface area contributed by atoms with Gasteiger partial charge >= 0.3 is 5.97 Å². The predicted octanol–water partition coefficient (Wildman–Crippen LogP) is 6.84. The fourth-order valence-electron chi connectivity index (χ4n) is 5.35. The number of aryl methyl sites for hydroxylation is 1. The third kappa shape index (κ3) is 7.80. The first-order valence-corrected chi connectivity index (χ1v) is 15.8. The number of aromatic nitrogens is 2. The summed E-state index contributed by atoms with van der Waals surface area (Å²) in [4.78, 5) is 45.9. The molecule has 0 saturated carbocycles. The Bertz CT molecular complexity index is 1750. The van der Waals surface area contributed by atoms with E-state index in [-0.39, 0.29) is 28.9 Å². The van der Waals surface area contributed by atoms with Crippen LogP contribution in [0.4, 0.5) is 5.69 Å². The number of esters is 1. The zero-order valence-electron chi connectivity index (χ0n) is 28.5. The number of anilines is 1. The third-order valence-electron chi connectivity index (χ3n) is 8.41. The molecule has 4 aromatic rings. The molecule has 1 heterocycles. The molecular formula is C38H46N4O4. The maximum atomic E-state index is 13.2. The average molecular weight is 623 g/mol. The Morgan fingerprint density at radius 2 is 1.65 bits per heavy atom. The number of ether oxygens (including phenoxy) is 1. The molecule has 1 atom stereocenters. The van der Waals surface area contributed by atoms with E-state index in [9.17, 15) is 14.4 Å². The van der Waals surface area contributed by atoms with Crippen molar-refractivity contribution in [2.45, 2.75) is 72.4 Å². The molecule has 4 rings (SSSR count). The van der Waals surface area contributed by atoms with Crippen molar-refractivity contribution in [2.24, 2.45) is 7.05 Å². The Morgan fingerprint density at radius 1 is 1.00 bits per heavy atom. The molecule has 242 valence electrons. The molecule has 8 heteroatoms. The van der Waals surface area contributed by atoms with Crippen LogP contribution < -0.4 is 10.9 Å². The van der Waals surface area contributed by atoms with E-state index in [0.29, 0.717) is 35.7 Å². The Morgan fingerprint density at radius 3 is 2.24 bits per heavy atom. The van der Waals surface area contributed by atoms with E-state index in [1.807, 2.05) is 99.4 Å². The minimum Gasteiger partial charge on any atom is -0.465 e. The SMILES string of the molecule is CCOC(=O)C(c1ccc(Cc2nc(-c3cccc(NC(=O)c4ccc(C(C)(C)C)cc4)c3C)cn(C)c2=O)cc1)N(C)C(C)C. The molecule has 0 saturated heterocycles. The van der Waals surface area contributed by atoms with Crippen molar-refractivity contribution in [2.75, 3.05) is 19.0 Å². The predicted molar refractivity (Wildman–Crippen MR) is 184 cm³/mol. The number of amides is 1. The van der Waals surface area contributed by atoms with Gasteiger partial charge in [0.2, 0.25) is 0 Å². The number of carbonyl (C=O) groups is 2. The molecule has 0 aliphatic rings. The lowest BCUT2D eigenvalue weighted by atomic mass is 9.86. The fraction of sp³-hybridized carbons (Fsp3) is 0.368. The average Bonchev–Trinajstić information content (AvgIpc) is 3.01. The largest absolute Gasteiger partial charge is 0.465 e. The van der Waals surface area contributed by atoms with Crippen LogP contribution in [0.3, 0.4) is 0 Å². The quantitative estimate of drug-likeness (QED) is 0.195. The normalized spacial score (nSPS) is 12.3. The number of carbonyl (C=O) groups excluding carboxylic acids is 2. The van der Waals surface area contributed by atoms with Gasteiger partial charge in [0.1, 0.15) is 11.7 Å². The standard InChI is InChI=1S/C38H46N4O4/c1-10-46-37(45)34(42(9)24(2)3)27-16-14-26(15-17-27)22-32-36(44)41(8)23-33(39-32)30-12-11-13-31(25(30)4)40-35(43)28-18-20-29(21-19-28)38(5,6)7/h11-21,23-24,34H,10,22H2,1-9H3,(H,40,43). The lowest BCUT2D eigenvalue weighted by molar-refractivity contribution is -0.150. The highest BCUT2D eigenvalue weighted by molar-refractivity contribution is 6.05. The van der Waals surface area contributed by atoms with E-state index >= 15 is 0 Å². The van der Waals surface area contributed by atoms with Gasteiger partial charge in [-0.3, -0.25) is 14.5 Å². The summed E-state index contributed by atoms with van der Waals surface area (Å²) in [5.41, 5.74) is 6.68. The number of nitrogens with zero attached hydrogens (tertiary/aromatic N) is 3. The number of hydrogen-bond donors (Lipinski definition) is 1. The number of nitrogens with one attached hydrogen (secondary N) is 1. The number of likely N-dealkylation sites (N-methyl/N-ethyl adjacent to an activating group) is 1. The zero-order chi connectivity index (χ0) is 33.8. The fourth-order valence-corrected chi connectivity index (χ4v) is 5.35. The molecule has 3 aromatic carbocycles. The molecule has 0 fully saturated rings. The van der Waals surface area contributed by atoms with Gasteiger partial charge in [-0.25, -0.2) is 9.78 Å². The highest BCUT2D eigenvalue weighted by Crippen LogP contribution is 2.29. The lowest BCUT2D eigenvalue weighted by Gasteiger charge is -2.30. The molecule has 0 bridgehead atoms. The summed E-state index contributed by atoms with van der Waals surface area (Å²) in [7, 11) is 3.62. The van der Waals surface area contributed by atoms with Crippen molar-refractivity contribution in [1.82, 2.24) is 14.5 Å². The van der Waals surface area contributed by atoms with Crippen LogP contribution in [-0.2, 0) is 28.4 Å². The maximum Gasteiger partial charge on any atom is 0.327 e. The number of hydrogen-bond acceptors (Lipinski definition) is 6. The molecular weight excluding hydrogens is 576 g/mol. The van der Waals surface area contributed by atoms with Gasteiger partial charge in [0.25, 0.3) is 11.5 Å². The monoisotopic (exact) mass is 622 g/mol. The van der Waals surface area contributed by atoms with E-state index in [1.54, 1.807) is 24.7 Å². The van der Waals surface area contributed by atoms with Crippen LogP contribution in [0.1, 0.15) is 85.9 Å². The van der Waals surface area contributed by atoms with Crippen LogP contribution in [0.15, 0.2) is 77.7 Å². The van der Waals surface area contributed by atoms with Crippen LogP contribution in [0, 0.1) is 6.92 Å². The van der Waals surface area contributed by atoms with Gasteiger partial charge < -0.3 is 14.6 Å². The number of benzene rings is 3. The first kappa shape index (κ1) is 34.3. The summed E-state index contributed by atoms with van der Waals surface area (Å²) in [6.45, 7) is 14.5. The second-order valence-corrected chi connectivity index (χ2v) is 13.1. The molecule has 1 aromatic heterocycles. The highest BCUT2D eigenvalue weighted by atomic mass is 16.5. The van der Waals surface area contributed by atoms with Gasteiger partial charge in [-0.15, -0.1) is 0 Å². The molecule has 1 N–H and O–H groups in total. The summed E-state index contributed by atoms with van der Waals surface area (Å²) >= 11 is 0. The second-order valence-electron chi connectivity index (χ2n) is 13.1. The molecule has 8 nitrogen and oxygen atoms in total.